The summed E-state index contributed by atoms with van der Waals surface area (Å²) in [7, 11) is 0. The Morgan fingerprint density at radius 1 is 1.88 bits per heavy atom. The molecule has 0 saturated heterocycles. The highest BCUT2D eigenvalue weighted by Gasteiger charge is 1.91. The van der Waals surface area contributed by atoms with Crippen molar-refractivity contribution in [3.05, 3.63) is 0 Å². The lowest BCUT2D eigenvalue weighted by atomic mass is 10.3. The molecule has 0 spiro atoms. The van der Waals surface area contributed by atoms with E-state index >= 15 is 0 Å². The molecule has 0 rings (SSSR count). The zero-order valence-electron chi connectivity index (χ0n) is 4.35. The lowest BCUT2D eigenvalue weighted by Gasteiger charge is -1.93. The van der Waals surface area contributed by atoms with Gasteiger partial charge in [-0.3, -0.25) is 5.41 Å². The van der Waals surface area contributed by atoms with Gasteiger partial charge in [0.15, 0.2) is 0 Å². The smallest absolute Gasteiger partial charge is 0.207 e. The van der Waals surface area contributed by atoms with Gasteiger partial charge in [0.2, 0.25) is 5.90 Å². The van der Waals surface area contributed by atoms with Crippen LogP contribution in [0.3, 0.4) is 0 Å². The Bertz CT molecular complexity index is 115. The van der Waals surface area contributed by atoms with Crippen molar-refractivity contribution in [1.29, 1.82) is 10.7 Å². The lowest BCUT2D eigenvalue weighted by Crippen LogP contribution is -2.07. The van der Waals surface area contributed by atoms with Gasteiger partial charge in [-0.05, 0) is 0 Å². The number of nitrogens with zero attached hydrogens (tertiary/aromatic N) is 1. The molecule has 0 aromatic heterocycles. The molecule has 4 nitrogen and oxygen atoms in total. The summed E-state index contributed by atoms with van der Waals surface area (Å²) in [5.41, 5.74) is 0. The molecule has 0 heterocycles. The van der Waals surface area contributed by atoms with Gasteiger partial charge in [0, 0.05) is 12.8 Å². The molecule has 0 fully saturated rings. The average Bonchev–Trinajstić information content (AvgIpc) is 1.83. The van der Waals surface area contributed by atoms with E-state index in [1.165, 1.54) is 0 Å². The largest absolute Gasteiger partial charge is 0.396 e. The highest BCUT2D eigenvalue weighted by molar-refractivity contribution is 5.72. The monoisotopic (exact) mass is 113 g/mol. The van der Waals surface area contributed by atoms with Gasteiger partial charge in [0.1, 0.15) is 0 Å². The third-order valence-electron chi connectivity index (χ3n) is 0.606. The summed E-state index contributed by atoms with van der Waals surface area (Å²) in [6.07, 6.45) is 0.586. The summed E-state index contributed by atoms with van der Waals surface area (Å²) in [6, 6.07) is 1.86. The fourth-order valence-corrected chi connectivity index (χ4v) is 0.228. The lowest BCUT2D eigenvalue weighted by molar-refractivity contribution is 0.308. The van der Waals surface area contributed by atoms with Crippen molar-refractivity contribution in [1.82, 2.24) is 0 Å². The summed E-state index contributed by atoms with van der Waals surface area (Å²) >= 11 is 0. The van der Waals surface area contributed by atoms with Gasteiger partial charge in [-0.1, -0.05) is 0 Å². The van der Waals surface area contributed by atoms with Crippen LogP contribution in [-0.2, 0) is 4.84 Å². The van der Waals surface area contributed by atoms with Gasteiger partial charge in [-0.15, -0.1) is 0 Å². The zero-order chi connectivity index (χ0) is 6.41. The van der Waals surface area contributed by atoms with Crippen molar-refractivity contribution < 1.29 is 4.84 Å². The minimum Gasteiger partial charge on any atom is -0.396 e. The predicted molar refractivity (Wildman–Crippen MR) is 27.8 cm³/mol. The van der Waals surface area contributed by atoms with Crippen LogP contribution < -0.4 is 5.90 Å². The number of rotatable bonds is 2. The second-order valence-electron chi connectivity index (χ2n) is 1.20. The summed E-state index contributed by atoms with van der Waals surface area (Å²) in [5, 5.41) is 14.7. The van der Waals surface area contributed by atoms with E-state index in [4.69, 9.17) is 10.7 Å². The van der Waals surface area contributed by atoms with E-state index < -0.39 is 0 Å². The molecule has 0 aliphatic carbocycles. The normalized spacial score (nSPS) is 7.50. The molecule has 0 amide bonds. The number of nitriles is 1. The molecule has 0 unspecified atom stereocenters. The van der Waals surface area contributed by atoms with E-state index in [1.54, 1.807) is 0 Å². The Morgan fingerprint density at radius 2 is 2.50 bits per heavy atom. The van der Waals surface area contributed by atoms with E-state index in [2.05, 4.69) is 10.7 Å². The van der Waals surface area contributed by atoms with Crippen LogP contribution in [0.4, 0.5) is 0 Å². The SMILES string of the molecule is N#CCCC(=N)ON. The van der Waals surface area contributed by atoms with Gasteiger partial charge in [-0.2, -0.15) is 11.2 Å². The quantitative estimate of drug-likeness (QED) is 0.304. The zero-order valence-corrected chi connectivity index (χ0v) is 4.35. The van der Waals surface area contributed by atoms with Crippen molar-refractivity contribution in [2.45, 2.75) is 12.8 Å². The van der Waals surface area contributed by atoms with E-state index in [0.717, 1.165) is 0 Å². The molecule has 0 radical (unpaired) electrons. The third-order valence-corrected chi connectivity index (χ3v) is 0.606. The topological polar surface area (TPSA) is 82.9 Å². The Hall–Kier alpha value is -1.08. The van der Waals surface area contributed by atoms with Crippen LogP contribution in [0.25, 0.3) is 0 Å². The maximum atomic E-state index is 7.97. The molecule has 0 aromatic carbocycles. The molecule has 0 aromatic rings. The molecular weight excluding hydrogens is 106 g/mol. The minimum absolute atomic E-state index is 0.0495. The van der Waals surface area contributed by atoms with E-state index in [9.17, 15) is 0 Å². The molecule has 8 heavy (non-hydrogen) atoms. The second-order valence-corrected chi connectivity index (χ2v) is 1.20. The summed E-state index contributed by atoms with van der Waals surface area (Å²) in [6.45, 7) is 0. The van der Waals surface area contributed by atoms with Crippen LogP contribution >= 0.6 is 0 Å². The Balaban J connectivity index is 3.15. The third kappa shape index (κ3) is 3.12. The molecule has 3 N–H and O–H groups in total. The van der Waals surface area contributed by atoms with Gasteiger partial charge in [0.25, 0.3) is 0 Å². The highest BCUT2D eigenvalue weighted by Crippen LogP contribution is 1.86. The van der Waals surface area contributed by atoms with Crippen LogP contribution in [0.1, 0.15) is 12.8 Å². The maximum absolute atomic E-state index is 7.97. The fourth-order valence-electron chi connectivity index (χ4n) is 0.228. The van der Waals surface area contributed by atoms with Crippen LogP contribution in [0.5, 0.6) is 0 Å². The van der Waals surface area contributed by atoms with Crippen LogP contribution in [0, 0.1) is 16.7 Å². The highest BCUT2D eigenvalue weighted by atomic mass is 16.6. The fraction of sp³-hybridized carbons (Fsp3) is 0.500. The first kappa shape index (κ1) is 6.92. The van der Waals surface area contributed by atoms with Crippen molar-refractivity contribution in [3.63, 3.8) is 0 Å². The van der Waals surface area contributed by atoms with Crippen molar-refractivity contribution in [3.8, 4) is 6.07 Å². The molecule has 0 aliphatic rings. The summed E-state index contributed by atoms with van der Waals surface area (Å²) in [4.78, 5) is 3.98. The van der Waals surface area contributed by atoms with Gasteiger partial charge < -0.3 is 4.84 Å². The Morgan fingerprint density at radius 3 is 2.88 bits per heavy atom. The van der Waals surface area contributed by atoms with Crippen LogP contribution in [0.2, 0.25) is 0 Å². The molecule has 44 valence electrons. The van der Waals surface area contributed by atoms with Gasteiger partial charge >= 0.3 is 0 Å². The van der Waals surface area contributed by atoms with Crippen molar-refractivity contribution >= 4 is 5.90 Å². The molecular formula is C4H7N3O. The number of nitrogens with one attached hydrogen (secondary N) is 1. The van der Waals surface area contributed by atoms with Crippen molar-refractivity contribution in [2.75, 3.05) is 0 Å². The molecule has 0 bridgehead atoms. The predicted octanol–water partition coefficient (Wildman–Crippen LogP) is 0.158. The van der Waals surface area contributed by atoms with Crippen LogP contribution in [0.15, 0.2) is 0 Å². The van der Waals surface area contributed by atoms with E-state index in [0.29, 0.717) is 6.42 Å². The average molecular weight is 113 g/mol. The van der Waals surface area contributed by atoms with Crippen molar-refractivity contribution in [2.24, 2.45) is 5.90 Å². The minimum atomic E-state index is -0.0495. The molecule has 0 atom stereocenters. The Kier molecular flexibility index (Phi) is 3.54. The number of hydrogen-bond acceptors (Lipinski definition) is 4. The van der Waals surface area contributed by atoms with Gasteiger partial charge in [0.05, 0.1) is 6.07 Å². The van der Waals surface area contributed by atoms with E-state index in [-0.39, 0.29) is 12.3 Å². The standard InChI is InChI=1S/C4H7N3O/c5-3-1-2-4(6)8-7/h6H,1-2,7H2. The van der Waals surface area contributed by atoms with E-state index in [1.807, 2.05) is 6.07 Å². The Labute approximate surface area is 47.3 Å². The summed E-state index contributed by atoms with van der Waals surface area (Å²) < 4.78 is 0. The molecule has 0 aliphatic heterocycles. The second kappa shape index (κ2) is 4.09. The number of nitrogens with two attached hydrogens (primary N) is 1. The molecule has 4 heteroatoms. The maximum Gasteiger partial charge on any atom is 0.207 e. The first-order chi connectivity index (χ1) is 3.81. The van der Waals surface area contributed by atoms with Crippen LogP contribution in [-0.4, -0.2) is 5.90 Å². The first-order valence-electron chi connectivity index (χ1n) is 2.12. The molecule has 0 saturated carbocycles. The van der Waals surface area contributed by atoms with Gasteiger partial charge in [-0.25, -0.2) is 0 Å². The number of hydrogen-bond donors (Lipinski definition) is 2. The summed E-state index contributed by atoms with van der Waals surface area (Å²) in [5.74, 6) is 4.53. The first-order valence-corrected chi connectivity index (χ1v) is 2.12.